The lowest BCUT2D eigenvalue weighted by atomic mass is 10.0. The van der Waals surface area contributed by atoms with Gasteiger partial charge in [0.1, 0.15) is 18.0 Å². The van der Waals surface area contributed by atoms with Crippen molar-refractivity contribution in [2.24, 2.45) is 5.92 Å². The Morgan fingerprint density at radius 2 is 1.88 bits per heavy atom. The van der Waals surface area contributed by atoms with Crippen LogP contribution in [0.3, 0.4) is 0 Å². The molecule has 0 spiro atoms. The summed E-state index contributed by atoms with van der Waals surface area (Å²) in [6.07, 6.45) is 6.20. The highest BCUT2D eigenvalue weighted by molar-refractivity contribution is 5.80. The Morgan fingerprint density at radius 1 is 1.12 bits per heavy atom. The maximum Gasteiger partial charge on any atom is 0.225 e. The number of aliphatic hydroxyl groups excluding tert-OH is 1. The molecule has 3 heterocycles. The van der Waals surface area contributed by atoms with Gasteiger partial charge in [-0.25, -0.2) is 9.37 Å². The Bertz CT molecular complexity index is 961. The van der Waals surface area contributed by atoms with Gasteiger partial charge in [-0.2, -0.15) is 0 Å². The van der Waals surface area contributed by atoms with Crippen molar-refractivity contribution in [2.45, 2.75) is 50.4 Å². The number of rotatable bonds is 9. The number of carbonyl (C=O) groups is 1. The maximum atomic E-state index is 13.3. The van der Waals surface area contributed by atoms with Crippen LogP contribution in [0, 0.1) is 11.7 Å². The Labute approximate surface area is 199 Å². The standard InChI is InChI=1S/C26H33FN4O3/c27-20-4-6-21(7-5-20)31-14-11-19(16-31)26(33)29-23(17-30-12-1-2-13-30)25(32)18-3-10-24(28-15-18)34-22-8-9-22/h3-7,10,15,19,22-23,25,32H,1-2,8-9,11-14,16-17H2,(H,29,33)/t19-,23+,25+/m0/s1. The SMILES string of the molecule is O=C(N[C@H](CN1CCCC1)[C@H](O)c1ccc(OC2CC2)nc1)[C@H]1CCN(c2ccc(F)cc2)C1. The number of anilines is 1. The Morgan fingerprint density at radius 3 is 2.56 bits per heavy atom. The molecule has 2 N–H and O–H groups in total. The molecule has 1 saturated carbocycles. The summed E-state index contributed by atoms with van der Waals surface area (Å²) in [6, 6.07) is 9.59. The number of aromatic nitrogens is 1. The van der Waals surface area contributed by atoms with E-state index in [2.05, 4.69) is 20.1 Å². The molecule has 3 fully saturated rings. The van der Waals surface area contributed by atoms with Gasteiger partial charge in [0, 0.05) is 43.1 Å². The molecule has 1 aromatic heterocycles. The Balaban J connectivity index is 1.23. The summed E-state index contributed by atoms with van der Waals surface area (Å²) < 4.78 is 19.0. The van der Waals surface area contributed by atoms with Gasteiger partial charge in [-0.15, -0.1) is 0 Å². The zero-order valence-corrected chi connectivity index (χ0v) is 19.4. The molecule has 1 aliphatic carbocycles. The largest absolute Gasteiger partial charge is 0.474 e. The molecular weight excluding hydrogens is 435 g/mol. The van der Waals surface area contributed by atoms with Crippen LogP contribution in [0.2, 0.25) is 0 Å². The van der Waals surface area contributed by atoms with Gasteiger partial charge in [0.05, 0.1) is 12.0 Å². The number of carbonyl (C=O) groups excluding carboxylic acids is 1. The fourth-order valence-corrected chi connectivity index (χ4v) is 4.85. The summed E-state index contributed by atoms with van der Waals surface area (Å²) >= 11 is 0. The minimum atomic E-state index is -0.860. The highest BCUT2D eigenvalue weighted by atomic mass is 19.1. The van der Waals surface area contributed by atoms with E-state index in [1.54, 1.807) is 24.4 Å². The number of pyridine rings is 1. The lowest BCUT2D eigenvalue weighted by Gasteiger charge is -2.29. The van der Waals surface area contributed by atoms with Crippen molar-refractivity contribution in [1.29, 1.82) is 0 Å². The van der Waals surface area contributed by atoms with E-state index in [1.165, 1.54) is 12.1 Å². The number of benzene rings is 1. The van der Waals surface area contributed by atoms with Crippen LogP contribution in [-0.2, 0) is 4.79 Å². The van der Waals surface area contributed by atoms with Crippen LogP contribution in [0.25, 0.3) is 0 Å². The molecule has 0 bridgehead atoms. The third-order valence-corrected chi connectivity index (χ3v) is 7.03. The number of ether oxygens (including phenoxy) is 1. The van der Waals surface area contributed by atoms with Crippen molar-refractivity contribution in [3.63, 3.8) is 0 Å². The van der Waals surface area contributed by atoms with Gasteiger partial charge in [0.15, 0.2) is 0 Å². The molecule has 1 aromatic carbocycles. The first-order chi connectivity index (χ1) is 16.5. The second-order valence-corrected chi connectivity index (χ2v) is 9.72. The third-order valence-electron chi connectivity index (χ3n) is 7.03. The van der Waals surface area contributed by atoms with Crippen molar-refractivity contribution in [3.05, 3.63) is 54.0 Å². The van der Waals surface area contributed by atoms with Crippen LogP contribution < -0.4 is 15.0 Å². The molecule has 8 heteroatoms. The number of halogens is 1. The molecule has 1 amide bonds. The van der Waals surface area contributed by atoms with Crippen molar-refractivity contribution in [1.82, 2.24) is 15.2 Å². The highest BCUT2D eigenvalue weighted by Gasteiger charge is 2.33. The molecular formula is C26H33FN4O3. The van der Waals surface area contributed by atoms with Crippen molar-refractivity contribution in [3.8, 4) is 5.88 Å². The molecule has 5 rings (SSSR count). The number of aliphatic hydroxyl groups is 1. The molecule has 3 aliphatic rings. The summed E-state index contributed by atoms with van der Waals surface area (Å²) in [6.45, 7) is 3.89. The van der Waals surface area contributed by atoms with Crippen LogP contribution in [0.4, 0.5) is 10.1 Å². The Hall–Kier alpha value is -2.71. The summed E-state index contributed by atoms with van der Waals surface area (Å²) in [7, 11) is 0. The molecule has 34 heavy (non-hydrogen) atoms. The zero-order valence-electron chi connectivity index (χ0n) is 19.4. The maximum absolute atomic E-state index is 13.3. The number of amides is 1. The summed E-state index contributed by atoms with van der Waals surface area (Å²) in [5, 5.41) is 14.4. The fourth-order valence-electron chi connectivity index (χ4n) is 4.85. The van der Waals surface area contributed by atoms with Gasteiger partial charge in [-0.3, -0.25) is 4.79 Å². The van der Waals surface area contributed by atoms with Gasteiger partial charge < -0.3 is 25.0 Å². The monoisotopic (exact) mass is 468 g/mol. The van der Waals surface area contributed by atoms with Crippen LogP contribution in [0.1, 0.15) is 43.8 Å². The second-order valence-electron chi connectivity index (χ2n) is 9.72. The quantitative estimate of drug-likeness (QED) is 0.589. The number of hydrogen-bond acceptors (Lipinski definition) is 6. The van der Waals surface area contributed by atoms with E-state index in [1.807, 2.05) is 6.07 Å². The van der Waals surface area contributed by atoms with E-state index in [0.29, 0.717) is 24.5 Å². The first kappa shape index (κ1) is 23.1. The smallest absolute Gasteiger partial charge is 0.225 e. The van der Waals surface area contributed by atoms with E-state index >= 15 is 0 Å². The van der Waals surface area contributed by atoms with Crippen LogP contribution in [-0.4, -0.2) is 65.8 Å². The fraction of sp³-hybridized carbons (Fsp3) is 0.538. The summed E-state index contributed by atoms with van der Waals surface area (Å²) in [5.74, 6) is 0.0864. The van der Waals surface area contributed by atoms with E-state index in [0.717, 1.165) is 57.4 Å². The molecule has 0 radical (unpaired) electrons. The van der Waals surface area contributed by atoms with E-state index in [-0.39, 0.29) is 23.7 Å². The van der Waals surface area contributed by atoms with Gasteiger partial charge in [0.25, 0.3) is 0 Å². The molecule has 2 aliphatic heterocycles. The predicted octanol–water partition coefficient (Wildman–Crippen LogP) is 2.90. The predicted molar refractivity (Wildman–Crippen MR) is 127 cm³/mol. The minimum Gasteiger partial charge on any atom is -0.474 e. The molecule has 2 aromatic rings. The van der Waals surface area contributed by atoms with Gasteiger partial charge in [-0.05, 0) is 75.5 Å². The number of nitrogens with zero attached hydrogens (tertiary/aromatic N) is 3. The van der Waals surface area contributed by atoms with Gasteiger partial charge >= 0.3 is 0 Å². The van der Waals surface area contributed by atoms with Crippen LogP contribution >= 0.6 is 0 Å². The molecule has 182 valence electrons. The van der Waals surface area contributed by atoms with Gasteiger partial charge in [0.2, 0.25) is 11.8 Å². The molecule has 3 atom stereocenters. The zero-order chi connectivity index (χ0) is 23.5. The topological polar surface area (TPSA) is 77.9 Å². The molecule has 0 unspecified atom stereocenters. The minimum absolute atomic E-state index is 0.0468. The summed E-state index contributed by atoms with van der Waals surface area (Å²) in [4.78, 5) is 22.0. The number of likely N-dealkylation sites (tertiary alicyclic amines) is 1. The molecule has 7 nitrogen and oxygen atoms in total. The third kappa shape index (κ3) is 5.67. The van der Waals surface area contributed by atoms with E-state index in [4.69, 9.17) is 4.74 Å². The van der Waals surface area contributed by atoms with Crippen LogP contribution in [0.15, 0.2) is 42.6 Å². The van der Waals surface area contributed by atoms with E-state index in [9.17, 15) is 14.3 Å². The summed E-state index contributed by atoms with van der Waals surface area (Å²) in [5.41, 5.74) is 1.59. The number of nitrogens with one attached hydrogen (secondary N) is 1. The normalized spacial score (nSPS) is 22.5. The van der Waals surface area contributed by atoms with E-state index < -0.39 is 12.1 Å². The molecule has 2 saturated heterocycles. The lowest BCUT2D eigenvalue weighted by Crippen LogP contribution is -2.48. The average Bonchev–Trinajstić information content (AvgIpc) is 3.29. The lowest BCUT2D eigenvalue weighted by molar-refractivity contribution is -0.126. The Kier molecular flexibility index (Phi) is 6.97. The van der Waals surface area contributed by atoms with Gasteiger partial charge in [-0.1, -0.05) is 0 Å². The first-order valence-electron chi connectivity index (χ1n) is 12.4. The van der Waals surface area contributed by atoms with Crippen molar-refractivity contribution < 1.29 is 19.0 Å². The highest BCUT2D eigenvalue weighted by Crippen LogP contribution is 2.28. The van der Waals surface area contributed by atoms with Crippen molar-refractivity contribution >= 4 is 11.6 Å². The van der Waals surface area contributed by atoms with Crippen molar-refractivity contribution in [2.75, 3.05) is 37.6 Å². The first-order valence-corrected chi connectivity index (χ1v) is 12.4. The number of hydrogen-bond donors (Lipinski definition) is 2. The van der Waals surface area contributed by atoms with Crippen LogP contribution in [0.5, 0.6) is 5.88 Å². The average molecular weight is 469 g/mol. The second kappa shape index (κ2) is 10.3.